The van der Waals surface area contributed by atoms with Crippen molar-refractivity contribution in [3.63, 3.8) is 0 Å². The van der Waals surface area contributed by atoms with E-state index in [4.69, 9.17) is 22.3 Å². The lowest BCUT2D eigenvalue weighted by Gasteiger charge is -2.34. The van der Waals surface area contributed by atoms with Gasteiger partial charge in [-0.2, -0.15) is 5.26 Å². The Labute approximate surface area is 173 Å². The maximum absolute atomic E-state index is 13.8. The number of benzene rings is 1. The Kier molecular flexibility index (Phi) is 6.04. The van der Waals surface area contributed by atoms with Crippen LogP contribution < -0.4 is 10.6 Å². The van der Waals surface area contributed by atoms with Crippen LogP contribution >= 0.6 is 24.0 Å². The monoisotopic (exact) mass is 420 g/mol. The highest BCUT2D eigenvalue weighted by Gasteiger charge is 2.29. The maximum Gasteiger partial charge on any atom is 0.206 e. The predicted molar refractivity (Wildman–Crippen MR) is 110 cm³/mol. The molecule has 1 fully saturated rings. The third-order valence-electron chi connectivity index (χ3n) is 4.82. The van der Waals surface area contributed by atoms with Gasteiger partial charge in [-0.15, -0.1) is 12.4 Å². The van der Waals surface area contributed by atoms with E-state index in [1.54, 1.807) is 18.3 Å². The molecule has 0 spiro atoms. The topological polar surface area (TPSA) is 83.8 Å². The molecule has 1 saturated heterocycles. The van der Waals surface area contributed by atoms with Gasteiger partial charge in [-0.1, -0.05) is 11.6 Å². The van der Waals surface area contributed by atoms with Gasteiger partial charge in [0.15, 0.2) is 0 Å². The molecule has 0 saturated carbocycles. The molecule has 0 amide bonds. The number of alkyl halides is 1. The smallest absolute Gasteiger partial charge is 0.206 e. The van der Waals surface area contributed by atoms with Crippen molar-refractivity contribution in [3.05, 3.63) is 52.8 Å². The van der Waals surface area contributed by atoms with E-state index in [-0.39, 0.29) is 12.4 Å². The number of rotatable bonds is 3. The second kappa shape index (κ2) is 8.31. The first-order valence-electron chi connectivity index (χ1n) is 8.70. The summed E-state index contributed by atoms with van der Waals surface area (Å²) in [5.41, 5.74) is 8.91. The van der Waals surface area contributed by atoms with Crippen LogP contribution in [0, 0.1) is 11.3 Å². The summed E-state index contributed by atoms with van der Waals surface area (Å²) in [6.45, 7) is 1.39. The second-order valence-electron chi connectivity index (χ2n) is 6.70. The molecule has 2 aromatic heterocycles. The summed E-state index contributed by atoms with van der Waals surface area (Å²) in [5.74, 6) is 0.708. The zero-order valence-corrected chi connectivity index (χ0v) is 16.5. The van der Waals surface area contributed by atoms with Crippen molar-refractivity contribution >= 4 is 41.0 Å². The molecule has 0 aliphatic carbocycles. The van der Waals surface area contributed by atoms with Crippen molar-refractivity contribution in [2.45, 2.75) is 25.2 Å². The first-order valence-corrected chi connectivity index (χ1v) is 9.08. The summed E-state index contributed by atoms with van der Waals surface area (Å²) in [5, 5.41) is 9.82. The number of nitrogens with zero attached hydrogens (tertiary/aromatic N) is 5. The van der Waals surface area contributed by atoms with Gasteiger partial charge < -0.3 is 15.2 Å². The lowest BCUT2D eigenvalue weighted by Crippen LogP contribution is -2.50. The molecule has 9 heteroatoms. The number of halogens is 3. The standard InChI is InChI=1S/C19H18ClFN6.ClH/c20-13-2-3-14(24-9-13)10-27-18-7-12(8-22)1-4-17(18)25-19(27)26-6-5-15(21)16(23)11-26;/h1-4,7,9,15-16H,5-6,10-11,23H2;1H/t15-,16-;/m1./s1. The average Bonchev–Trinajstić information content (AvgIpc) is 3.03. The number of hydrogen-bond acceptors (Lipinski definition) is 5. The number of piperidine rings is 1. The first-order chi connectivity index (χ1) is 13.0. The van der Waals surface area contributed by atoms with Crippen LogP contribution in [0.1, 0.15) is 17.7 Å². The van der Waals surface area contributed by atoms with Crippen LogP contribution in [-0.2, 0) is 6.54 Å². The minimum absolute atomic E-state index is 0. The third kappa shape index (κ3) is 3.90. The summed E-state index contributed by atoms with van der Waals surface area (Å²) in [4.78, 5) is 11.1. The van der Waals surface area contributed by atoms with E-state index < -0.39 is 12.2 Å². The molecule has 1 aromatic carbocycles. The highest BCUT2D eigenvalue weighted by molar-refractivity contribution is 6.30. The molecule has 6 nitrogen and oxygen atoms in total. The number of nitrogens with two attached hydrogens (primary N) is 1. The van der Waals surface area contributed by atoms with Crippen molar-refractivity contribution in [1.29, 1.82) is 5.26 Å². The Morgan fingerprint density at radius 1 is 1.32 bits per heavy atom. The van der Waals surface area contributed by atoms with Gasteiger partial charge in [0.2, 0.25) is 5.95 Å². The normalized spacial score (nSPS) is 19.3. The summed E-state index contributed by atoms with van der Waals surface area (Å²) in [6, 6.07) is 10.6. The molecule has 1 aliphatic heterocycles. The van der Waals surface area contributed by atoms with Gasteiger partial charge in [-0.05, 0) is 36.8 Å². The molecule has 2 N–H and O–H groups in total. The molecule has 0 bridgehead atoms. The van der Waals surface area contributed by atoms with Crippen molar-refractivity contribution in [1.82, 2.24) is 14.5 Å². The Hall–Kier alpha value is -2.40. The fraction of sp³-hybridized carbons (Fsp3) is 0.316. The zero-order valence-electron chi connectivity index (χ0n) is 14.9. The van der Waals surface area contributed by atoms with Gasteiger partial charge in [-0.25, -0.2) is 9.37 Å². The summed E-state index contributed by atoms with van der Waals surface area (Å²) in [7, 11) is 0. The van der Waals surface area contributed by atoms with Crippen molar-refractivity contribution in [3.8, 4) is 6.07 Å². The van der Waals surface area contributed by atoms with E-state index in [9.17, 15) is 9.65 Å². The Balaban J connectivity index is 0.00000225. The number of hydrogen-bond donors (Lipinski definition) is 1. The van der Waals surface area contributed by atoms with Crippen molar-refractivity contribution < 1.29 is 4.39 Å². The van der Waals surface area contributed by atoms with E-state index in [0.717, 1.165) is 16.7 Å². The molecule has 146 valence electrons. The molecule has 0 radical (unpaired) electrons. The van der Waals surface area contributed by atoms with Crippen LogP contribution in [0.15, 0.2) is 36.5 Å². The Morgan fingerprint density at radius 3 is 2.82 bits per heavy atom. The number of fused-ring (bicyclic) bond motifs is 1. The van der Waals surface area contributed by atoms with Gasteiger partial charge >= 0.3 is 0 Å². The van der Waals surface area contributed by atoms with Crippen LogP contribution in [0.2, 0.25) is 5.02 Å². The van der Waals surface area contributed by atoms with E-state index in [1.165, 1.54) is 0 Å². The Bertz CT molecular complexity index is 1010. The molecular weight excluding hydrogens is 402 g/mol. The number of aromatic nitrogens is 3. The van der Waals surface area contributed by atoms with E-state index in [0.29, 0.717) is 42.6 Å². The van der Waals surface area contributed by atoms with Gasteiger partial charge in [0.1, 0.15) is 6.17 Å². The van der Waals surface area contributed by atoms with Gasteiger partial charge in [-0.3, -0.25) is 4.98 Å². The van der Waals surface area contributed by atoms with Crippen LogP contribution in [0.3, 0.4) is 0 Å². The first kappa shape index (κ1) is 20.3. The number of nitriles is 1. The predicted octanol–water partition coefficient (Wildman–Crippen LogP) is 3.30. The number of imidazole rings is 1. The van der Waals surface area contributed by atoms with Crippen LogP contribution in [0.4, 0.5) is 10.3 Å². The summed E-state index contributed by atoms with van der Waals surface area (Å²) < 4.78 is 15.8. The summed E-state index contributed by atoms with van der Waals surface area (Å²) >= 11 is 5.94. The maximum atomic E-state index is 13.8. The molecule has 1 aliphatic rings. The molecule has 28 heavy (non-hydrogen) atoms. The van der Waals surface area contributed by atoms with Gasteiger partial charge in [0, 0.05) is 19.3 Å². The molecule has 3 aromatic rings. The SMILES string of the molecule is Cl.N#Cc1ccc2nc(N3CC[C@@H](F)[C@H](N)C3)n(Cc3ccc(Cl)cn3)c2c1. The lowest BCUT2D eigenvalue weighted by molar-refractivity contribution is 0.243. The zero-order chi connectivity index (χ0) is 19.0. The Morgan fingerprint density at radius 2 is 2.14 bits per heavy atom. The van der Waals surface area contributed by atoms with E-state index in [1.807, 2.05) is 27.7 Å². The lowest BCUT2D eigenvalue weighted by atomic mass is 10.1. The van der Waals surface area contributed by atoms with E-state index in [2.05, 4.69) is 11.1 Å². The van der Waals surface area contributed by atoms with Crippen molar-refractivity contribution in [2.24, 2.45) is 5.73 Å². The van der Waals surface area contributed by atoms with Crippen LogP contribution in [0.25, 0.3) is 11.0 Å². The van der Waals surface area contributed by atoms with Crippen LogP contribution in [-0.4, -0.2) is 39.8 Å². The summed E-state index contributed by atoms with van der Waals surface area (Å²) in [6.07, 6.45) is 0.968. The van der Waals surface area contributed by atoms with E-state index >= 15 is 0 Å². The minimum atomic E-state index is -0.998. The fourth-order valence-corrected chi connectivity index (χ4v) is 3.49. The van der Waals surface area contributed by atoms with Crippen LogP contribution in [0.5, 0.6) is 0 Å². The van der Waals surface area contributed by atoms with Gasteiger partial charge in [0.25, 0.3) is 0 Å². The number of pyridine rings is 1. The fourth-order valence-electron chi connectivity index (χ4n) is 3.37. The quantitative estimate of drug-likeness (QED) is 0.702. The highest BCUT2D eigenvalue weighted by Crippen LogP contribution is 2.27. The van der Waals surface area contributed by atoms with Gasteiger partial charge in [0.05, 0.1) is 46.0 Å². The third-order valence-corrected chi connectivity index (χ3v) is 5.04. The minimum Gasteiger partial charge on any atom is -0.340 e. The molecular formula is C19H19Cl2FN6. The average molecular weight is 421 g/mol. The molecule has 2 atom stereocenters. The molecule has 4 rings (SSSR count). The molecule has 0 unspecified atom stereocenters. The van der Waals surface area contributed by atoms with Crippen molar-refractivity contribution in [2.75, 3.05) is 18.0 Å². The molecule has 3 heterocycles. The highest BCUT2D eigenvalue weighted by atomic mass is 35.5. The second-order valence-corrected chi connectivity index (χ2v) is 7.13. The number of anilines is 1. The largest absolute Gasteiger partial charge is 0.340 e.